The number of benzene rings is 1. The van der Waals surface area contributed by atoms with E-state index in [2.05, 4.69) is 6.58 Å². The third-order valence-electron chi connectivity index (χ3n) is 3.65. The van der Waals surface area contributed by atoms with Crippen molar-refractivity contribution in [2.24, 2.45) is 5.92 Å². The molecule has 0 N–H and O–H groups in total. The van der Waals surface area contributed by atoms with Gasteiger partial charge in [-0.15, -0.1) is 0 Å². The minimum atomic E-state index is -3.29. The van der Waals surface area contributed by atoms with Crippen LogP contribution in [0.1, 0.15) is 32.1 Å². The summed E-state index contributed by atoms with van der Waals surface area (Å²) in [6.45, 7) is 4.09. The van der Waals surface area contributed by atoms with Crippen LogP contribution in [-0.2, 0) is 9.84 Å². The second kappa shape index (κ2) is 6.20. The van der Waals surface area contributed by atoms with Gasteiger partial charge in [-0.05, 0) is 43.7 Å². The Morgan fingerprint density at radius 2 is 1.95 bits per heavy atom. The summed E-state index contributed by atoms with van der Waals surface area (Å²) in [4.78, 5) is 0.355. The lowest BCUT2D eigenvalue weighted by atomic mass is 9.83. The maximum atomic E-state index is 12.0. The zero-order valence-electron chi connectivity index (χ0n) is 11.1. The summed E-state index contributed by atoms with van der Waals surface area (Å²) in [6, 6.07) is 8.54. The molecule has 0 heterocycles. The average molecular weight is 276 g/mol. The molecule has 1 fully saturated rings. The van der Waals surface area contributed by atoms with Crippen molar-refractivity contribution in [3.05, 3.63) is 54.0 Å². The Morgan fingerprint density at radius 3 is 2.63 bits per heavy atom. The molecule has 1 unspecified atom stereocenters. The standard InChI is InChI=1S/C16H20O2S/c1-14-8-5-6-9-15(14)10-7-13-19(17,18)16-11-3-2-4-12-16/h2-4,7,11-13,15H,1,5-6,8-10H2. The molecule has 0 spiro atoms. The van der Waals surface area contributed by atoms with E-state index in [-0.39, 0.29) is 0 Å². The van der Waals surface area contributed by atoms with E-state index in [1.165, 1.54) is 23.8 Å². The van der Waals surface area contributed by atoms with Crippen LogP contribution in [0.25, 0.3) is 0 Å². The highest BCUT2D eigenvalue weighted by atomic mass is 32.2. The van der Waals surface area contributed by atoms with Crippen molar-refractivity contribution in [3.63, 3.8) is 0 Å². The molecular formula is C16H20O2S. The van der Waals surface area contributed by atoms with Gasteiger partial charge in [-0.25, -0.2) is 8.42 Å². The van der Waals surface area contributed by atoms with Crippen LogP contribution in [0.2, 0.25) is 0 Å². The Kier molecular flexibility index (Phi) is 4.59. The summed E-state index contributed by atoms with van der Waals surface area (Å²) < 4.78 is 24.1. The number of sulfone groups is 1. The predicted molar refractivity (Wildman–Crippen MR) is 78.5 cm³/mol. The van der Waals surface area contributed by atoms with Crippen LogP contribution >= 0.6 is 0 Å². The first-order valence-electron chi connectivity index (χ1n) is 6.74. The fraction of sp³-hybridized carbons (Fsp3) is 0.375. The van der Waals surface area contributed by atoms with Crippen molar-refractivity contribution in [1.29, 1.82) is 0 Å². The molecule has 3 heteroatoms. The SMILES string of the molecule is C=C1CCCCC1CC=CS(=O)(=O)c1ccccc1. The molecule has 0 bridgehead atoms. The quantitative estimate of drug-likeness (QED) is 0.775. The van der Waals surface area contributed by atoms with Gasteiger partial charge in [0, 0.05) is 5.41 Å². The van der Waals surface area contributed by atoms with Gasteiger partial charge in [-0.2, -0.15) is 0 Å². The van der Waals surface area contributed by atoms with Gasteiger partial charge in [-0.1, -0.05) is 42.8 Å². The van der Waals surface area contributed by atoms with E-state index < -0.39 is 9.84 Å². The van der Waals surface area contributed by atoms with Gasteiger partial charge in [0.15, 0.2) is 9.84 Å². The van der Waals surface area contributed by atoms with Gasteiger partial charge < -0.3 is 0 Å². The molecule has 0 aromatic heterocycles. The molecule has 19 heavy (non-hydrogen) atoms. The van der Waals surface area contributed by atoms with E-state index in [1.807, 2.05) is 6.07 Å². The lowest BCUT2D eigenvalue weighted by molar-refractivity contribution is 0.458. The molecule has 1 aliphatic rings. The van der Waals surface area contributed by atoms with Crippen LogP contribution in [0.5, 0.6) is 0 Å². The topological polar surface area (TPSA) is 34.1 Å². The van der Waals surface area contributed by atoms with E-state index in [0.717, 1.165) is 19.3 Å². The monoisotopic (exact) mass is 276 g/mol. The normalized spacial score (nSPS) is 20.8. The first-order valence-corrected chi connectivity index (χ1v) is 8.28. The van der Waals surface area contributed by atoms with E-state index in [4.69, 9.17) is 0 Å². The highest BCUT2D eigenvalue weighted by Gasteiger charge is 2.16. The summed E-state index contributed by atoms with van der Waals surface area (Å²) in [5.41, 5.74) is 1.27. The van der Waals surface area contributed by atoms with Crippen molar-refractivity contribution < 1.29 is 8.42 Å². The number of rotatable bonds is 4. The predicted octanol–water partition coefficient (Wildman–Crippen LogP) is 4.11. The van der Waals surface area contributed by atoms with E-state index in [0.29, 0.717) is 10.8 Å². The maximum absolute atomic E-state index is 12.0. The van der Waals surface area contributed by atoms with E-state index >= 15 is 0 Å². The fourth-order valence-corrected chi connectivity index (χ4v) is 3.53. The summed E-state index contributed by atoms with van der Waals surface area (Å²) in [5.74, 6) is 0.455. The summed E-state index contributed by atoms with van der Waals surface area (Å²) in [5, 5.41) is 1.34. The summed E-state index contributed by atoms with van der Waals surface area (Å²) in [7, 11) is -3.29. The van der Waals surface area contributed by atoms with Gasteiger partial charge in [0.1, 0.15) is 0 Å². The second-order valence-electron chi connectivity index (χ2n) is 5.07. The third-order valence-corrected chi connectivity index (χ3v) is 5.13. The summed E-state index contributed by atoms with van der Waals surface area (Å²) in [6.07, 6.45) is 7.23. The first-order chi connectivity index (χ1) is 9.09. The fourth-order valence-electron chi connectivity index (χ4n) is 2.47. The molecule has 1 saturated carbocycles. The van der Waals surface area contributed by atoms with Crippen molar-refractivity contribution >= 4 is 9.84 Å². The van der Waals surface area contributed by atoms with Crippen molar-refractivity contribution in [2.75, 3.05) is 0 Å². The molecule has 1 atom stereocenters. The molecular weight excluding hydrogens is 256 g/mol. The Bertz CT molecular complexity index is 556. The lowest BCUT2D eigenvalue weighted by Gasteiger charge is -2.23. The van der Waals surface area contributed by atoms with Gasteiger partial charge >= 0.3 is 0 Å². The number of allylic oxidation sites excluding steroid dienone is 2. The highest BCUT2D eigenvalue weighted by Crippen LogP contribution is 2.30. The van der Waals surface area contributed by atoms with Gasteiger partial charge in [0.25, 0.3) is 0 Å². The number of hydrogen-bond donors (Lipinski definition) is 0. The zero-order chi connectivity index (χ0) is 13.7. The Morgan fingerprint density at radius 1 is 1.21 bits per heavy atom. The lowest BCUT2D eigenvalue weighted by Crippen LogP contribution is -2.08. The molecule has 2 nitrogen and oxygen atoms in total. The highest BCUT2D eigenvalue weighted by molar-refractivity contribution is 7.94. The van der Waals surface area contributed by atoms with Gasteiger partial charge in [0.2, 0.25) is 0 Å². The Hall–Kier alpha value is -1.35. The largest absolute Gasteiger partial charge is 0.219 e. The van der Waals surface area contributed by atoms with Crippen LogP contribution in [0.3, 0.4) is 0 Å². The maximum Gasteiger partial charge on any atom is 0.199 e. The second-order valence-corrected chi connectivity index (χ2v) is 6.90. The van der Waals surface area contributed by atoms with Crippen LogP contribution in [0.15, 0.2) is 58.9 Å². The molecule has 0 radical (unpaired) electrons. The van der Waals surface area contributed by atoms with Crippen LogP contribution < -0.4 is 0 Å². The molecule has 2 rings (SSSR count). The van der Waals surface area contributed by atoms with Crippen molar-refractivity contribution in [1.82, 2.24) is 0 Å². The molecule has 1 aromatic rings. The Labute approximate surface area is 115 Å². The molecule has 1 aromatic carbocycles. The zero-order valence-corrected chi connectivity index (χ0v) is 11.9. The minimum absolute atomic E-state index is 0.355. The summed E-state index contributed by atoms with van der Waals surface area (Å²) >= 11 is 0. The molecule has 0 aliphatic heterocycles. The first kappa shape index (κ1) is 14.1. The van der Waals surface area contributed by atoms with Crippen molar-refractivity contribution in [2.45, 2.75) is 37.0 Å². The molecule has 1 aliphatic carbocycles. The minimum Gasteiger partial charge on any atom is -0.219 e. The van der Waals surface area contributed by atoms with Gasteiger partial charge in [0.05, 0.1) is 4.90 Å². The van der Waals surface area contributed by atoms with Crippen molar-refractivity contribution in [3.8, 4) is 0 Å². The smallest absolute Gasteiger partial charge is 0.199 e. The van der Waals surface area contributed by atoms with Crippen LogP contribution in [0.4, 0.5) is 0 Å². The van der Waals surface area contributed by atoms with Gasteiger partial charge in [-0.3, -0.25) is 0 Å². The third kappa shape index (κ3) is 3.80. The molecule has 0 saturated heterocycles. The average Bonchev–Trinajstić information content (AvgIpc) is 2.42. The van der Waals surface area contributed by atoms with Crippen LogP contribution in [-0.4, -0.2) is 8.42 Å². The Balaban J connectivity index is 2.00. The van der Waals surface area contributed by atoms with E-state index in [9.17, 15) is 8.42 Å². The molecule has 102 valence electrons. The van der Waals surface area contributed by atoms with Crippen LogP contribution in [0, 0.1) is 5.92 Å². The molecule has 0 amide bonds. The number of hydrogen-bond acceptors (Lipinski definition) is 2. The van der Waals surface area contributed by atoms with E-state index in [1.54, 1.807) is 30.3 Å².